The van der Waals surface area contributed by atoms with Crippen LogP contribution < -0.4 is 15.1 Å². The summed E-state index contributed by atoms with van der Waals surface area (Å²) >= 11 is 0. The summed E-state index contributed by atoms with van der Waals surface area (Å²) in [5, 5.41) is 13.3. The van der Waals surface area contributed by atoms with Gasteiger partial charge in [0.15, 0.2) is 11.6 Å². The van der Waals surface area contributed by atoms with Crippen LogP contribution in [0.25, 0.3) is 0 Å². The van der Waals surface area contributed by atoms with Gasteiger partial charge in [-0.1, -0.05) is 60.7 Å². The van der Waals surface area contributed by atoms with E-state index in [1.807, 2.05) is 18.2 Å². The lowest BCUT2D eigenvalue weighted by Gasteiger charge is -2.36. The van der Waals surface area contributed by atoms with Gasteiger partial charge in [0.2, 0.25) is 0 Å². The Hall–Kier alpha value is -3.49. The van der Waals surface area contributed by atoms with Gasteiger partial charge in [-0.3, -0.25) is 4.99 Å². The Labute approximate surface area is 205 Å². The summed E-state index contributed by atoms with van der Waals surface area (Å²) in [4.78, 5) is 9.84. The van der Waals surface area contributed by atoms with Crippen LogP contribution >= 0.6 is 0 Å². The van der Waals surface area contributed by atoms with E-state index in [2.05, 4.69) is 57.6 Å². The standard InChI is InChI=1S/C27H30N6O2/c1-3-7-20(8-4-1)19-22-23-24(29-25(28-22)21-9-5-2-6-10-21)27(33-13-17-35-18-14-33)31-30-26(23)32-11-15-34-16-12-32/h1-10,22H,11-19H2,(H,28,29). The Balaban J connectivity index is 1.50. The van der Waals surface area contributed by atoms with E-state index < -0.39 is 0 Å². The van der Waals surface area contributed by atoms with Crippen LogP contribution in [0.15, 0.2) is 65.7 Å². The predicted molar refractivity (Wildman–Crippen MR) is 138 cm³/mol. The zero-order valence-electron chi connectivity index (χ0n) is 19.8. The lowest BCUT2D eigenvalue weighted by molar-refractivity contribution is 0.121. The Morgan fingerprint density at radius 1 is 0.743 bits per heavy atom. The van der Waals surface area contributed by atoms with Crippen LogP contribution in [0.2, 0.25) is 0 Å². The maximum Gasteiger partial charge on any atom is 0.175 e. The van der Waals surface area contributed by atoms with E-state index >= 15 is 0 Å². The molecule has 0 aliphatic carbocycles. The first-order chi connectivity index (χ1) is 17.4. The molecule has 3 aliphatic heterocycles. The molecule has 3 aliphatic rings. The highest BCUT2D eigenvalue weighted by atomic mass is 16.5. The van der Waals surface area contributed by atoms with Gasteiger partial charge in [-0.2, -0.15) is 0 Å². The van der Waals surface area contributed by atoms with Crippen molar-refractivity contribution < 1.29 is 9.47 Å². The number of benzene rings is 2. The molecule has 0 radical (unpaired) electrons. The Morgan fingerprint density at radius 2 is 1.31 bits per heavy atom. The molecule has 2 aromatic carbocycles. The number of nitrogens with one attached hydrogen (secondary N) is 1. The molecule has 1 aromatic heterocycles. The molecule has 4 heterocycles. The van der Waals surface area contributed by atoms with E-state index in [4.69, 9.17) is 24.7 Å². The van der Waals surface area contributed by atoms with Crippen molar-refractivity contribution in [2.45, 2.75) is 12.5 Å². The first-order valence-corrected chi connectivity index (χ1v) is 12.4. The van der Waals surface area contributed by atoms with Gasteiger partial charge in [0.25, 0.3) is 0 Å². The number of aliphatic imine (C=N–C) groups is 1. The quantitative estimate of drug-likeness (QED) is 0.613. The van der Waals surface area contributed by atoms with Crippen molar-refractivity contribution in [3.05, 3.63) is 77.4 Å². The van der Waals surface area contributed by atoms with Crippen molar-refractivity contribution in [3.8, 4) is 0 Å². The van der Waals surface area contributed by atoms with Crippen LogP contribution in [0.1, 0.15) is 22.7 Å². The first-order valence-electron chi connectivity index (χ1n) is 12.4. The molecule has 35 heavy (non-hydrogen) atoms. The summed E-state index contributed by atoms with van der Waals surface area (Å²) in [6.45, 7) is 5.94. The molecular weight excluding hydrogens is 440 g/mol. The summed E-state index contributed by atoms with van der Waals surface area (Å²) in [5.41, 5.74) is 4.44. The average Bonchev–Trinajstić information content (AvgIpc) is 2.94. The van der Waals surface area contributed by atoms with E-state index in [1.54, 1.807) is 0 Å². The summed E-state index contributed by atoms with van der Waals surface area (Å²) in [7, 11) is 0. The van der Waals surface area contributed by atoms with Crippen LogP contribution in [0.4, 0.5) is 17.3 Å². The van der Waals surface area contributed by atoms with E-state index in [-0.39, 0.29) is 6.04 Å². The number of ether oxygens (including phenoxy) is 2. The molecule has 0 amide bonds. The van der Waals surface area contributed by atoms with Crippen LogP contribution in [-0.4, -0.2) is 68.6 Å². The monoisotopic (exact) mass is 470 g/mol. The van der Waals surface area contributed by atoms with Gasteiger partial charge in [0, 0.05) is 37.3 Å². The fourth-order valence-electron chi connectivity index (χ4n) is 4.97. The fraction of sp³-hybridized carbons (Fsp3) is 0.370. The molecule has 1 N–H and O–H groups in total. The predicted octanol–water partition coefficient (Wildman–Crippen LogP) is 3.31. The molecular formula is C27H30N6O2. The van der Waals surface area contributed by atoms with Crippen LogP contribution in [-0.2, 0) is 15.9 Å². The molecule has 0 saturated carbocycles. The van der Waals surface area contributed by atoms with Gasteiger partial charge >= 0.3 is 0 Å². The third kappa shape index (κ3) is 4.59. The number of rotatable bonds is 5. The molecule has 1 unspecified atom stereocenters. The third-order valence-corrected chi connectivity index (χ3v) is 6.78. The van der Waals surface area contributed by atoms with Gasteiger partial charge in [-0.05, 0) is 12.0 Å². The second-order valence-corrected chi connectivity index (χ2v) is 9.01. The van der Waals surface area contributed by atoms with Gasteiger partial charge in [-0.15, -0.1) is 10.2 Å². The van der Waals surface area contributed by atoms with Crippen molar-refractivity contribution in [1.82, 2.24) is 10.2 Å². The minimum atomic E-state index is -0.0861. The molecule has 8 heteroatoms. The number of nitrogens with zero attached hydrogens (tertiary/aromatic N) is 5. The number of anilines is 3. The fourth-order valence-corrected chi connectivity index (χ4v) is 4.97. The lowest BCUT2D eigenvalue weighted by Crippen LogP contribution is -2.41. The maximum atomic E-state index is 5.63. The molecule has 2 saturated heterocycles. The van der Waals surface area contributed by atoms with E-state index in [0.29, 0.717) is 26.4 Å². The molecule has 2 fully saturated rings. The molecule has 1 atom stereocenters. The van der Waals surface area contributed by atoms with Crippen molar-refractivity contribution in [2.24, 2.45) is 4.99 Å². The van der Waals surface area contributed by atoms with Crippen LogP contribution in [0.5, 0.6) is 0 Å². The van der Waals surface area contributed by atoms with Gasteiger partial charge < -0.3 is 24.6 Å². The first kappa shape index (κ1) is 22.0. The molecule has 0 spiro atoms. The Kier molecular flexibility index (Phi) is 6.30. The van der Waals surface area contributed by atoms with Crippen LogP contribution in [0.3, 0.4) is 0 Å². The summed E-state index contributed by atoms with van der Waals surface area (Å²) in [6.07, 6.45) is 0.789. The minimum Gasteiger partial charge on any atom is -0.378 e. The van der Waals surface area contributed by atoms with Crippen molar-refractivity contribution >= 4 is 23.2 Å². The largest absolute Gasteiger partial charge is 0.378 e. The van der Waals surface area contributed by atoms with Gasteiger partial charge in [0.1, 0.15) is 5.84 Å². The lowest BCUT2D eigenvalue weighted by atomic mass is 9.95. The smallest absolute Gasteiger partial charge is 0.175 e. The second kappa shape index (κ2) is 10.0. The topological polar surface area (TPSA) is 75.1 Å². The van der Waals surface area contributed by atoms with E-state index in [1.165, 1.54) is 5.56 Å². The number of hydrogen-bond donors (Lipinski definition) is 1. The number of morpholine rings is 2. The van der Waals surface area contributed by atoms with Crippen LogP contribution in [0, 0.1) is 0 Å². The molecule has 3 aromatic rings. The zero-order chi connectivity index (χ0) is 23.5. The zero-order valence-corrected chi connectivity index (χ0v) is 19.8. The van der Waals surface area contributed by atoms with Gasteiger partial charge in [-0.25, -0.2) is 0 Å². The van der Waals surface area contributed by atoms with Crippen molar-refractivity contribution in [2.75, 3.05) is 67.7 Å². The number of fused-ring (bicyclic) bond motifs is 1. The number of hydrogen-bond acceptors (Lipinski definition) is 8. The highest BCUT2D eigenvalue weighted by Gasteiger charge is 2.33. The maximum absolute atomic E-state index is 5.63. The Morgan fingerprint density at radius 3 is 1.97 bits per heavy atom. The van der Waals surface area contributed by atoms with Crippen molar-refractivity contribution in [3.63, 3.8) is 0 Å². The highest BCUT2D eigenvalue weighted by molar-refractivity contribution is 6.11. The van der Waals surface area contributed by atoms with E-state index in [0.717, 1.165) is 66.9 Å². The summed E-state index contributed by atoms with van der Waals surface area (Å²) in [5.74, 6) is 2.65. The summed E-state index contributed by atoms with van der Waals surface area (Å²) < 4.78 is 11.2. The second-order valence-electron chi connectivity index (χ2n) is 9.01. The molecule has 8 nitrogen and oxygen atoms in total. The summed E-state index contributed by atoms with van der Waals surface area (Å²) in [6, 6.07) is 20.8. The SMILES string of the molecule is c1ccc(CC2N=C(c3ccccc3)Nc3c(N4CCOCC4)nnc(N4CCOCC4)c32)cc1. The molecule has 180 valence electrons. The minimum absolute atomic E-state index is 0.0861. The average molecular weight is 471 g/mol. The molecule has 0 bridgehead atoms. The molecule has 6 rings (SSSR count). The van der Waals surface area contributed by atoms with E-state index in [9.17, 15) is 0 Å². The third-order valence-electron chi connectivity index (χ3n) is 6.78. The van der Waals surface area contributed by atoms with Gasteiger partial charge in [0.05, 0.1) is 38.2 Å². The normalized spacial score (nSPS) is 20.1. The number of aromatic nitrogens is 2. The van der Waals surface area contributed by atoms with Crippen molar-refractivity contribution in [1.29, 1.82) is 0 Å². The number of amidine groups is 1. The Bertz CT molecular complexity index is 1180. The highest BCUT2D eigenvalue weighted by Crippen LogP contribution is 2.43.